The summed E-state index contributed by atoms with van der Waals surface area (Å²) in [6.45, 7) is 7.52. The predicted molar refractivity (Wildman–Crippen MR) is 64.1 cm³/mol. The van der Waals surface area contributed by atoms with Crippen LogP contribution in [-0.4, -0.2) is 9.97 Å². The summed E-state index contributed by atoms with van der Waals surface area (Å²) < 4.78 is 0. The second kappa shape index (κ2) is 3.16. The molecule has 2 aromatic rings. The van der Waals surface area contributed by atoms with Gasteiger partial charge in [0, 0.05) is 11.8 Å². The van der Waals surface area contributed by atoms with Crippen molar-refractivity contribution in [3.8, 4) is 0 Å². The number of anilines is 2. The molecule has 0 bridgehead atoms. The fraction of sp³-hybridized carbons (Fsp3) is 0. The van der Waals surface area contributed by atoms with Crippen molar-refractivity contribution in [2.45, 2.75) is 0 Å². The molecule has 0 radical (unpaired) electrons. The van der Waals surface area contributed by atoms with Gasteiger partial charge in [-0.3, -0.25) is 4.98 Å². The number of nitrogens with one attached hydrogen (secondary N) is 1. The fourth-order valence-corrected chi connectivity index (χ4v) is 1.55. The lowest BCUT2D eigenvalue weighted by Gasteiger charge is -1.98. The van der Waals surface area contributed by atoms with Gasteiger partial charge in [0.25, 0.3) is 0 Å². The normalized spacial score (nSPS) is 10.4. The largest absolute Gasteiger partial charge is 0.397 e. The molecule has 4 heteroatoms. The third-order valence-corrected chi connectivity index (χ3v) is 2.32. The van der Waals surface area contributed by atoms with Crippen molar-refractivity contribution < 1.29 is 0 Å². The number of nitrogen functional groups attached to an aromatic ring is 2. The number of hydrogen-bond acceptors (Lipinski definition) is 3. The van der Waals surface area contributed by atoms with E-state index < -0.39 is 0 Å². The summed E-state index contributed by atoms with van der Waals surface area (Å²) in [6.07, 6.45) is 3.29. The maximum absolute atomic E-state index is 5.84. The first-order valence-electron chi connectivity index (χ1n) is 4.48. The average Bonchev–Trinajstić information content (AvgIpc) is 2.55. The van der Waals surface area contributed by atoms with Crippen LogP contribution in [0.15, 0.2) is 31.5 Å². The Kier molecular flexibility index (Phi) is 1.97. The standard InChI is InChI=1S/C11H12N4/c1-3-6(2)8-10-9(15-11(8)13)7(12)4-5-14-10/h3-5,15H,1-2,13H2,(H2,12,14). The van der Waals surface area contributed by atoms with Crippen LogP contribution in [0.2, 0.25) is 0 Å². The van der Waals surface area contributed by atoms with Gasteiger partial charge in [0.2, 0.25) is 0 Å². The lowest BCUT2D eigenvalue weighted by atomic mass is 10.1. The van der Waals surface area contributed by atoms with Crippen LogP contribution in [0.3, 0.4) is 0 Å². The molecule has 0 amide bonds. The number of aromatic amines is 1. The van der Waals surface area contributed by atoms with Crippen molar-refractivity contribution in [1.29, 1.82) is 0 Å². The van der Waals surface area contributed by atoms with Gasteiger partial charge < -0.3 is 16.5 Å². The van der Waals surface area contributed by atoms with Crippen LogP contribution >= 0.6 is 0 Å². The maximum atomic E-state index is 5.84. The molecule has 0 aliphatic rings. The highest BCUT2D eigenvalue weighted by Gasteiger charge is 2.12. The summed E-state index contributed by atoms with van der Waals surface area (Å²) >= 11 is 0. The van der Waals surface area contributed by atoms with E-state index in [1.807, 2.05) is 0 Å². The van der Waals surface area contributed by atoms with Crippen LogP contribution in [0, 0.1) is 0 Å². The number of allylic oxidation sites excluding steroid dienone is 2. The summed E-state index contributed by atoms with van der Waals surface area (Å²) in [7, 11) is 0. The van der Waals surface area contributed by atoms with E-state index in [4.69, 9.17) is 11.5 Å². The summed E-state index contributed by atoms with van der Waals surface area (Å²) in [5.74, 6) is 0.514. The second-order valence-corrected chi connectivity index (χ2v) is 3.27. The Hall–Kier alpha value is -2.23. The van der Waals surface area contributed by atoms with E-state index in [1.165, 1.54) is 0 Å². The summed E-state index contributed by atoms with van der Waals surface area (Å²) in [6, 6.07) is 1.72. The van der Waals surface area contributed by atoms with Crippen LogP contribution in [0.1, 0.15) is 5.56 Å². The van der Waals surface area contributed by atoms with E-state index in [1.54, 1.807) is 18.3 Å². The minimum atomic E-state index is 0.514. The molecule has 5 N–H and O–H groups in total. The van der Waals surface area contributed by atoms with Gasteiger partial charge in [-0.2, -0.15) is 0 Å². The van der Waals surface area contributed by atoms with Gasteiger partial charge in [0.1, 0.15) is 5.82 Å². The molecule has 2 heterocycles. The van der Waals surface area contributed by atoms with Crippen molar-refractivity contribution in [1.82, 2.24) is 9.97 Å². The predicted octanol–water partition coefficient (Wildman–Crippen LogP) is 1.93. The number of fused-ring (bicyclic) bond motifs is 1. The Bertz CT molecular complexity index is 551. The van der Waals surface area contributed by atoms with Gasteiger partial charge in [0.15, 0.2) is 0 Å². The van der Waals surface area contributed by atoms with Crippen LogP contribution in [0.4, 0.5) is 11.5 Å². The Morgan fingerprint density at radius 3 is 2.87 bits per heavy atom. The molecule has 0 spiro atoms. The third-order valence-electron chi connectivity index (χ3n) is 2.32. The second-order valence-electron chi connectivity index (χ2n) is 3.27. The summed E-state index contributed by atoms with van der Waals surface area (Å²) in [5, 5.41) is 0. The molecule has 0 aliphatic carbocycles. The molecule has 0 aliphatic heterocycles. The monoisotopic (exact) mass is 200 g/mol. The van der Waals surface area contributed by atoms with Crippen molar-refractivity contribution in [2.24, 2.45) is 0 Å². The lowest BCUT2D eigenvalue weighted by Crippen LogP contribution is -1.89. The van der Waals surface area contributed by atoms with E-state index in [2.05, 4.69) is 23.1 Å². The topological polar surface area (TPSA) is 80.7 Å². The average molecular weight is 200 g/mol. The molecule has 15 heavy (non-hydrogen) atoms. The zero-order chi connectivity index (χ0) is 11.0. The molecular weight excluding hydrogens is 188 g/mol. The quantitative estimate of drug-likeness (QED) is 0.648. The Balaban J connectivity index is 2.85. The van der Waals surface area contributed by atoms with Gasteiger partial charge in [-0.05, 0) is 11.6 Å². The summed E-state index contributed by atoms with van der Waals surface area (Å²) in [5.41, 5.74) is 15.2. The Morgan fingerprint density at radius 2 is 2.20 bits per heavy atom. The minimum Gasteiger partial charge on any atom is -0.397 e. The maximum Gasteiger partial charge on any atom is 0.111 e. The molecular formula is C11H12N4. The highest BCUT2D eigenvalue weighted by molar-refractivity contribution is 6.01. The van der Waals surface area contributed by atoms with Crippen molar-refractivity contribution in [2.75, 3.05) is 11.5 Å². The van der Waals surface area contributed by atoms with Crippen molar-refractivity contribution in [3.63, 3.8) is 0 Å². The zero-order valence-corrected chi connectivity index (χ0v) is 8.25. The molecule has 76 valence electrons. The first-order chi connectivity index (χ1) is 7.15. The number of aromatic nitrogens is 2. The zero-order valence-electron chi connectivity index (χ0n) is 8.25. The number of nitrogens with zero attached hydrogens (tertiary/aromatic N) is 1. The van der Waals surface area contributed by atoms with Gasteiger partial charge in [-0.15, -0.1) is 0 Å². The number of pyridine rings is 1. The first-order valence-corrected chi connectivity index (χ1v) is 4.48. The molecule has 0 unspecified atom stereocenters. The highest BCUT2D eigenvalue weighted by atomic mass is 14.9. The smallest absolute Gasteiger partial charge is 0.111 e. The van der Waals surface area contributed by atoms with Crippen LogP contribution in [0.25, 0.3) is 16.6 Å². The number of H-pyrrole nitrogens is 1. The molecule has 4 nitrogen and oxygen atoms in total. The molecule has 2 aromatic heterocycles. The van der Waals surface area contributed by atoms with Crippen LogP contribution in [0.5, 0.6) is 0 Å². The Labute approximate surface area is 87.3 Å². The third kappa shape index (κ3) is 1.27. The van der Waals surface area contributed by atoms with E-state index >= 15 is 0 Å². The number of nitrogens with two attached hydrogens (primary N) is 2. The van der Waals surface area contributed by atoms with Gasteiger partial charge in [0.05, 0.1) is 16.7 Å². The summed E-state index contributed by atoms with van der Waals surface area (Å²) in [4.78, 5) is 7.22. The number of hydrogen-bond donors (Lipinski definition) is 3. The lowest BCUT2D eigenvalue weighted by molar-refractivity contribution is 1.41. The van der Waals surface area contributed by atoms with Crippen LogP contribution in [-0.2, 0) is 0 Å². The minimum absolute atomic E-state index is 0.514. The van der Waals surface area contributed by atoms with Gasteiger partial charge >= 0.3 is 0 Å². The number of rotatable bonds is 2. The fourth-order valence-electron chi connectivity index (χ4n) is 1.55. The molecule has 2 rings (SSSR count). The molecule has 0 saturated carbocycles. The first kappa shape index (κ1) is 9.33. The van der Waals surface area contributed by atoms with Gasteiger partial charge in [-0.1, -0.05) is 19.2 Å². The molecule has 0 fully saturated rings. The van der Waals surface area contributed by atoms with Crippen molar-refractivity contribution >= 4 is 28.1 Å². The molecule has 0 atom stereocenters. The SMILES string of the molecule is C=CC(=C)c1c(N)[nH]c2c(N)ccnc12. The highest BCUT2D eigenvalue weighted by Crippen LogP contribution is 2.31. The van der Waals surface area contributed by atoms with Gasteiger partial charge in [-0.25, -0.2) is 0 Å². The van der Waals surface area contributed by atoms with E-state index in [-0.39, 0.29) is 0 Å². The van der Waals surface area contributed by atoms with E-state index in [0.717, 1.165) is 22.2 Å². The van der Waals surface area contributed by atoms with E-state index in [9.17, 15) is 0 Å². The van der Waals surface area contributed by atoms with Crippen molar-refractivity contribution in [3.05, 3.63) is 37.1 Å². The van der Waals surface area contributed by atoms with E-state index in [0.29, 0.717) is 11.5 Å². The van der Waals surface area contributed by atoms with Crippen LogP contribution < -0.4 is 11.5 Å². The Morgan fingerprint density at radius 1 is 1.47 bits per heavy atom. The molecule has 0 saturated heterocycles. The molecule has 0 aromatic carbocycles.